The Labute approximate surface area is 244 Å². The van der Waals surface area contributed by atoms with Crippen molar-refractivity contribution in [1.29, 1.82) is 0 Å². The molecular formula is C32H37FN2O7. The van der Waals surface area contributed by atoms with E-state index < -0.39 is 35.9 Å². The maximum Gasteiger partial charge on any atom is 0.247 e. The van der Waals surface area contributed by atoms with Gasteiger partial charge in [-0.15, -0.1) is 0 Å². The van der Waals surface area contributed by atoms with E-state index in [1.165, 1.54) is 25.3 Å². The standard InChI is InChI=1S/C32H37FN2O7/c1-41-26-15-21(18-37)14-23-28-24(32(40)34-12-13-36)16-25(29(39)31(28)42-30(23)26)35(17-20-6-9-22(33)10-7-20)27(38)11-8-19-4-2-3-5-19/h6-7,9-10,14-16,18-19,25,28-29,31,36,39H,2-5,8,11-13,17H2,1H3,(H,34,40)/t25-,28+,29+,31+/m1/s1. The summed E-state index contributed by atoms with van der Waals surface area (Å²) in [7, 11) is 1.44. The lowest BCUT2D eigenvalue weighted by molar-refractivity contribution is -0.138. The minimum atomic E-state index is -1.24. The molecule has 224 valence electrons. The molecule has 10 heteroatoms. The van der Waals surface area contributed by atoms with Crippen LogP contribution in [0.15, 0.2) is 48.0 Å². The van der Waals surface area contributed by atoms with Crippen molar-refractivity contribution in [2.75, 3.05) is 20.3 Å². The Kier molecular flexibility index (Phi) is 9.23. The molecular weight excluding hydrogens is 543 g/mol. The van der Waals surface area contributed by atoms with Gasteiger partial charge in [0.1, 0.15) is 24.3 Å². The monoisotopic (exact) mass is 580 g/mol. The Hall–Kier alpha value is -3.76. The molecule has 1 saturated carbocycles. The number of halogens is 1. The van der Waals surface area contributed by atoms with Crippen molar-refractivity contribution in [1.82, 2.24) is 10.2 Å². The predicted octanol–water partition coefficient (Wildman–Crippen LogP) is 3.27. The maximum absolute atomic E-state index is 13.8. The third kappa shape index (κ3) is 6.05. The third-order valence-corrected chi connectivity index (χ3v) is 8.60. The highest BCUT2D eigenvalue weighted by atomic mass is 19.1. The molecule has 0 saturated heterocycles. The van der Waals surface area contributed by atoms with E-state index in [9.17, 15) is 29.0 Å². The molecule has 0 unspecified atom stereocenters. The Morgan fingerprint density at radius 3 is 2.60 bits per heavy atom. The van der Waals surface area contributed by atoms with Crippen molar-refractivity contribution in [3.05, 3.63) is 70.6 Å². The number of benzene rings is 2. The zero-order chi connectivity index (χ0) is 29.8. The van der Waals surface area contributed by atoms with Gasteiger partial charge >= 0.3 is 0 Å². The molecule has 2 amide bonds. The molecule has 0 spiro atoms. The van der Waals surface area contributed by atoms with Gasteiger partial charge in [-0.3, -0.25) is 14.4 Å². The molecule has 1 aliphatic heterocycles. The van der Waals surface area contributed by atoms with Crippen LogP contribution < -0.4 is 14.8 Å². The molecule has 2 aliphatic carbocycles. The van der Waals surface area contributed by atoms with E-state index in [0.717, 1.165) is 32.1 Å². The fourth-order valence-electron chi connectivity index (χ4n) is 6.48. The molecule has 42 heavy (non-hydrogen) atoms. The summed E-state index contributed by atoms with van der Waals surface area (Å²) in [4.78, 5) is 40.6. The molecule has 0 bridgehead atoms. The summed E-state index contributed by atoms with van der Waals surface area (Å²) in [6, 6.07) is 8.03. The molecule has 3 aliphatic rings. The predicted molar refractivity (Wildman–Crippen MR) is 152 cm³/mol. The molecule has 2 aromatic carbocycles. The van der Waals surface area contributed by atoms with Crippen LogP contribution in [0.1, 0.15) is 65.9 Å². The van der Waals surface area contributed by atoms with Gasteiger partial charge in [0.15, 0.2) is 11.5 Å². The van der Waals surface area contributed by atoms with E-state index in [1.54, 1.807) is 29.2 Å². The average molecular weight is 581 g/mol. The molecule has 2 aromatic rings. The van der Waals surface area contributed by atoms with Crippen LogP contribution in [0.2, 0.25) is 0 Å². The number of nitrogens with zero attached hydrogens (tertiary/aromatic N) is 1. The number of rotatable bonds is 11. The van der Waals surface area contributed by atoms with Crippen LogP contribution in [0.5, 0.6) is 11.5 Å². The van der Waals surface area contributed by atoms with Crippen molar-refractivity contribution >= 4 is 18.1 Å². The van der Waals surface area contributed by atoms with Crippen LogP contribution in [-0.4, -0.2) is 71.7 Å². The number of nitrogens with one attached hydrogen (secondary N) is 1. The summed E-state index contributed by atoms with van der Waals surface area (Å²) in [5.41, 5.74) is 1.76. The summed E-state index contributed by atoms with van der Waals surface area (Å²) >= 11 is 0. The van der Waals surface area contributed by atoms with E-state index in [1.807, 2.05) is 0 Å². The van der Waals surface area contributed by atoms with Crippen LogP contribution in [0.25, 0.3) is 0 Å². The lowest BCUT2D eigenvalue weighted by Gasteiger charge is -2.41. The van der Waals surface area contributed by atoms with Gasteiger partial charge in [0.2, 0.25) is 11.8 Å². The summed E-state index contributed by atoms with van der Waals surface area (Å²) in [6.45, 7) is -0.173. The quantitative estimate of drug-likeness (QED) is 0.349. The zero-order valence-electron chi connectivity index (χ0n) is 23.6. The van der Waals surface area contributed by atoms with Gasteiger partial charge in [-0.2, -0.15) is 0 Å². The number of hydrogen-bond acceptors (Lipinski definition) is 7. The second-order valence-corrected chi connectivity index (χ2v) is 11.2. The van der Waals surface area contributed by atoms with E-state index >= 15 is 0 Å². The van der Waals surface area contributed by atoms with Gasteiger partial charge < -0.3 is 29.9 Å². The number of hydrogen-bond donors (Lipinski definition) is 3. The first-order valence-corrected chi connectivity index (χ1v) is 14.5. The number of aldehydes is 1. The fraction of sp³-hybridized carbons (Fsp3) is 0.469. The molecule has 0 aromatic heterocycles. The first-order chi connectivity index (χ1) is 20.3. The normalized spacial score (nSPS) is 22.9. The molecule has 4 atom stereocenters. The van der Waals surface area contributed by atoms with Gasteiger partial charge in [0.05, 0.1) is 25.7 Å². The number of carbonyl (C=O) groups excluding carboxylic acids is 3. The van der Waals surface area contributed by atoms with Gasteiger partial charge in [0.25, 0.3) is 0 Å². The van der Waals surface area contributed by atoms with E-state index in [0.29, 0.717) is 40.4 Å². The molecule has 5 rings (SSSR count). The molecule has 9 nitrogen and oxygen atoms in total. The number of aliphatic hydroxyl groups is 2. The number of amides is 2. The molecule has 0 radical (unpaired) electrons. The number of fused-ring (bicyclic) bond motifs is 3. The lowest BCUT2D eigenvalue weighted by atomic mass is 9.77. The Morgan fingerprint density at radius 1 is 1.19 bits per heavy atom. The largest absolute Gasteiger partial charge is 0.493 e. The minimum absolute atomic E-state index is 0.00576. The number of aliphatic hydroxyl groups excluding tert-OH is 2. The average Bonchev–Trinajstić information content (AvgIpc) is 3.67. The number of methoxy groups -OCH3 is 1. The van der Waals surface area contributed by atoms with Crippen LogP contribution in [0.4, 0.5) is 4.39 Å². The topological polar surface area (TPSA) is 125 Å². The van der Waals surface area contributed by atoms with Crippen molar-refractivity contribution in [3.63, 3.8) is 0 Å². The SMILES string of the molecule is COc1cc(C=O)cc2c1O[C@@H]1[C@@H](O)[C@H](N(Cc3ccc(F)cc3)C(=O)CCC3CCCC3)C=C(C(=O)NCCO)[C@H]21. The zero-order valence-corrected chi connectivity index (χ0v) is 23.6. The highest BCUT2D eigenvalue weighted by Gasteiger charge is 2.51. The van der Waals surface area contributed by atoms with Crippen molar-refractivity contribution in [3.8, 4) is 11.5 Å². The van der Waals surface area contributed by atoms with Crippen LogP contribution in [0.3, 0.4) is 0 Å². The minimum Gasteiger partial charge on any atom is -0.493 e. The Balaban J connectivity index is 1.54. The van der Waals surface area contributed by atoms with Crippen molar-refractivity contribution in [2.24, 2.45) is 5.92 Å². The van der Waals surface area contributed by atoms with E-state index in [4.69, 9.17) is 9.47 Å². The first kappa shape index (κ1) is 29.7. The summed E-state index contributed by atoms with van der Waals surface area (Å²) < 4.78 is 25.4. The number of carbonyl (C=O) groups is 3. The van der Waals surface area contributed by atoms with Crippen LogP contribution in [0, 0.1) is 11.7 Å². The van der Waals surface area contributed by atoms with Gasteiger partial charge in [-0.05, 0) is 48.2 Å². The van der Waals surface area contributed by atoms with E-state index in [2.05, 4.69) is 5.32 Å². The lowest BCUT2D eigenvalue weighted by Crippen LogP contribution is -2.55. The Bertz CT molecular complexity index is 1340. The van der Waals surface area contributed by atoms with Crippen molar-refractivity contribution < 1.29 is 38.5 Å². The third-order valence-electron chi connectivity index (χ3n) is 8.60. The van der Waals surface area contributed by atoms with E-state index in [-0.39, 0.29) is 37.6 Å². The van der Waals surface area contributed by atoms with Gasteiger partial charge in [0, 0.05) is 36.2 Å². The summed E-state index contributed by atoms with van der Waals surface area (Å²) in [6.07, 6.45) is 5.57. The van der Waals surface area contributed by atoms with Crippen LogP contribution >= 0.6 is 0 Å². The number of ether oxygens (including phenoxy) is 2. The molecule has 1 heterocycles. The van der Waals surface area contributed by atoms with Crippen molar-refractivity contribution in [2.45, 2.75) is 69.2 Å². The van der Waals surface area contributed by atoms with Crippen LogP contribution in [-0.2, 0) is 16.1 Å². The smallest absolute Gasteiger partial charge is 0.247 e. The second-order valence-electron chi connectivity index (χ2n) is 11.2. The highest BCUT2D eigenvalue weighted by molar-refractivity contribution is 5.96. The molecule has 3 N–H and O–H groups in total. The Morgan fingerprint density at radius 2 is 1.93 bits per heavy atom. The van der Waals surface area contributed by atoms with Gasteiger partial charge in [-0.25, -0.2) is 4.39 Å². The highest BCUT2D eigenvalue weighted by Crippen LogP contribution is 2.51. The second kappa shape index (κ2) is 13.0. The molecule has 1 fully saturated rings. The maximum atomic E-state index is 13.8. The van der Waals surface area contributed by atoms with Gasteiger partial charge in [-0.1, -0.05) is 37.8 Å². The summed E-state index contributed by atoms with van der Waals surface area (Å²) in [5.74, 6) is -0.735. The summed E-state index contributed by atoms with van der Waals surface area (Å²) in [5, 5.41) is 23.8. The first-order valence-electron chi connectivity index (χ1n) is 14.5. The fourth-order valence-corrected chi connectivity index (χ4v) is 6.48.